The molecule has 0 N–H and O–H groups in total. The number of hydrogen-bond donors (Lipinski definition) is 0. The number of nitrogens with zero attached hydrogens (tertiary/aromatic N) is 1. The number of ether oxygens (including phenoxy) is 1. The largest absolute Gasteiger partial charge is 0.466 e. The molecule has 136 valence electrons. The smallest absolute Gasteiger partial charge is 0.422 e. The lowest BCUT2D eigenvalue weighted by Gasteiger charge is -2.10. The molecule has 0 spiro atoms. The quantitative estimate of drug-likeness (QED) is 0.514. The number of carbonyl (C=O) groups is 1. The van der Waals surface area contributed by atoms with E-state index >= 15 is 0 Å². The van der Waals surface area contributed by atoms with Crippen molar-refractivity contribution in [3.05, 3.63) is 45.2 Å². The number of esters is 1. The van der Waals surface area contributed by atoms with Crippen molar-refractivity contribution in [2.24, 2.45) is 5.92 Å². The van der Waals surface area contributed by atoms with Crippen molar-refractivity contribution in [2.45, 2.75) is 52.5 Å². The average molecular weight is 347 g/mol. The molecule has 1 atom stereocenters. The summed E-state index contributed by atoms with van der Waals surface area (Å²) in [7, 11) is 0. The van der Waals surface area contributed by atoms with Gasteiger partial charge in [-0.25, -0.2) is 9.36 Å². The normalized spacial score (nSPS) is 12.2. The summed E-state index contributed by atoms with van der Waals surface area (Å²) in [5.41, 5.74) is 0.0180. The molecule has 0 amide bonds. The average Bonchev–Trinajstić information content (AvgIpc) is 2.60. The van der Waals surface area contributed by atoms with Crippen molar-refractivity contribution in [3.8, 4) is 0 Å². The highest BCUT2D eigenvalue weighted by molar-refractivity contribution is 5.74. The zero-order valence-corrected chi connectivity index (χ0v) is 14.8. The van der Waals surface area contributed by atoms with E-state index in [1.165, 1.54) is 0 Å². The molecule has 6 heteroatoms. The third kappa shape index (κ3) is 5.05. The van der Waals surface area contributed by atoms with Crippen molar-refractivity contribution in [1.82, 2.24) is 4.57 Å². The first-order chi connectivity index (χ1) is 12.0. The summed E-state index contributed by atoms with van der Waals surface area (Å²) in [5, 5.41) is 0.422. The Kier molecular flexibility index (Phi) is 6.98. The Hall–Kier alpha value is -2.37. The third-order valence-electron chi connectivity index (χ3n) is 4.24. The molecule has 1 unspecified atom stereocenters. The lowest BCUT2D eigenvalue weighted by Crippen LogP contribution is -2.32. The molecular weight excluding hydrogens is 322 g/mol. The Morgan fingerprint density at radius 3 is 2.64 bits per heavy atom. The molecule has 6 nitrogen and oxygen atoms in total. The van der Waals surface area contributed by atoms with Crippen molar-refractivity contribution in [2.75, 3.05) is 6.61 Å². The SMILES string of the molecule is CCOC(=O)C(C)CCCCCCn1c(=O)oc2ccccc2c1=O. The topological polar surface area (TPSA) is 78.5 Å². The second kappa shape index (κ2) is 9.20. The van der Waals surface area contributed by atoms with E-state index in [4.69, 9.17) is 9.15 Å². The van der Waals surface area contributed by atoms with Crippen LogP contribution in [0, 0.1) is 5.92 Å². The maximum absolute atomic E-state index is 12.3. The standard InChI is InChI=1S/C19H25NO5/c1-3-24-18(22)14(2)10-6-4-5-9-13-20-17(21)15-11-7-8-12-16(15)25-19(20)23/h7-8,11-12,14H,3-6,9-10,13H2,1-2H3. The van der Waals surface area contributed by atoms with Gasteiger partial charge >= 0.3 is 11.7 Å². The van der Waals surface area contributed by atoms with Gasteiger partial charge in [0, 0.05) is 6.54 Å². The Morgan fingerprint density at radius 2 is 1.88 bits per heavy atom. The van der Waals surface area contributed by atoms with Crippen molar-refractivity contribution in [3.63, 3.8) is 0 Å². The van der Waals surface area contributed by atoms with Crippen LogP contribution in [0.25, 0.3) is 11.0 Å². The zero-order chi connectivity index (χ0) is 18.2. The Balaban J connectivity index is 1.81. The number of rotatable bonds is 9. The van der Waals surface area contributed by atoms with Gasteiger partial charge in [-0.15, -0.1) is 0 Å². The Labute approximate surface area is 146 Å². The number of benzene rings is 1. The van der Waals surface area contributed by atoms with Crippen LogP contribution >= 0.6 is 0 Å². The monoisotopic (exact) mass is 347 g/mol. The van der Waals surface area contributed by atoms with E-state index in [0.29, 0.717) is 24.1 Å². The summed E-state index contributed by atoms with van der Waals surface area (Å²) in [6, 6.07) is 6.76. The molecule has 0 aliphatic heterocycles. The second-order valence-corrected chi connectivity index (χ2v) is 6.18. The highest BCUT2D eigenvalue weighted by atomic mass is 16.5. The van der Waals surface area contributed by atoms with Crippen LogP contribution in [0.1, 0.15) is 46.0 Å². The first kappa shape index (κ1) is 19.0. The molecule has 0 fully saturated rings. The Morgan fingerprint density at radius 1 is 1.16 bits per heavy atom. The summed E-state index contributed by atoms with van der Waals surface area (Å²) >= 11 is 0. The van der Waals surface area contributed by atoms with Gasteiger partial charge in [0.25, 0.3) is 5.56 Å². The summed E-state index contributed by atoms with van der Waals surface area (Å²) in [6.45, 7) is 4.43. The minimum atomic E-state index is -0.611. The first-order valence-corrected chi connectivity index (χ1v) is 8.84. The van der Waals surface area contributed by atoms with Crippen molar-refractivity contribution >= 4 is 16.9 Å². The first-order valence-electron chi connectivity index (χ1n) is 8.84. The van der Waals surface area contributed by atoms with E-state index in [1.54, 1.807) is 31.2 Å². The van der Waals surface area contributed by atoms with Crippen LogP contribution < -0.4 is 11.3 Å². The molecule has 0 radical (unpaired) electrons. The number of unbranched alkanes of at least 4 members (excludes halogenated alkanes) is 3. The van der Waals surface area contributed by atoms with Gasteiger partial charge in [0.2, 0.25) is 0 Å². The van der Waals surface area contributed by atoms with Gasteiger partial charge in [-0.3, -0.25) is 9.59 Å². The van der Waals surface area contributed by atoms with E-state index in [-0.39, 0.29) is 17.4 Å². The fourth-order valence-corrected chi connectivity index (χ4v) is 2.78. The molecule has 0 aliphatic carbocycles. The van der Waals surface area contributed by atoms with Gasteiger partial charge in [0.15, 0.2) is 0 Å². The minimum Gasteiger partial charge on any atom is -0.466 e. The van der Waals surface area contributed by atoms with Crippen LogP contribution in [0.2, 0.25) is 0 Å². The number of fused-ring (bicyclic) bond motifs is 1. The Bertz CT molecular complexity index is 820. The molecule has 1 heterocycles. The van der Waals surface area contributed by atoms with E-state index in [1.807, 2.05) is 6.92 Å². The van der Waals surface area contributed by atoms with Crippen LogP contribution in [0.5, 0.6) is 0 Å². The molecule has 2 rings (SSSR count). The number of para-hydroxylation sites is 1. The lowest BCUT2D eigenvalue weighted by molar-refractivity contribution is -0.147. The molecule has 0 saturated carbocycles. The van der Waals surface area contributed by atoms with Gasteiger partial charge < -0.3 is 9.15 Å². The predicted octanol–water partition coefficient (Wildman–Crippen LogP) is 3.10. The number of hydrogen-bond acceptors (Lipinski definition) is 5. The maximum atomic E-state index is 12.3. The minimum absolute atomic E-state index is 0.0879. The molecule has 1 aromatic heterocycles. The van der Waals surface area contributed by atoms with E-state index in [9.17, 15) is 14.4 Å². The van der Waals surface area contributed by atoms with Gasteiger partial charge in [-0.1, -0.05) is 38.3 Å². The maximum Gasteiger partial charge on any atom is 0.422 e. The summed E-state index contributed by atoms with van der Waals surface area (Å²) in [4.78, 5) is 35.8. The fraction of sp³-hybridized carbons (Fsp3) is 0.526. The molecule has 0 bridgehead atoms. The molecule has 0 aliphatic rings. The second-order valence-electron chi connectivity index (χ2n) is 6.18. The lowest BCUT2D eigenvalue weighted by atomic mass is 10.0. The van der Waals surface area contributed by atoms with Crippen molar-refractivity contribution < 1.29 is 13.9 Å². The molecule has 0 saturated heterocycles. The number of aromatic nitrogens is 1. The van der Waals surface area contributed by atoms with Crippen LogP contribution in [-0.2, 0) is 16.1 Å². The molecule has 1 aromatic carbocycles. The summed E-state index contributed by atoms with van der Waals surface area (Å²) in [5.74, 6) is -0.849. The highest BCUT2D eigenvalue weighted by Gasteiger charge is 2.13. The van der Waals surface area contributed by atoms with Crippen LogP contribution in [-0.4, -0.2) is 17.1 Å². The van der Waals surface area contributed by atoms with Crippen LogP contribution in [0.15, 0.2) is 38.3 Å². The summed E-state index contributed by atoms with van der Waals surface area (Å²) in [6.07, 6.45) is 4.25. The van der Waals surface area contributed by atoms with Gasteiger partial charge in [-0.05, 0) is 31.9 Å². The van der Waals surface area contributed by atoms with Crippen LogP contribution in [0.3, 0.4) is 0 Å². The highest BCUT2D eigenvalue weighted by Crippen LogP contribution is 2.12. The molecule has 2 aromatic rings. The molecule has 25 heavy (non-hydrogen) atoms. The third-order valence-corrected chi connectivity index (χ3v) is 4.24. The van der Waals surface area contributed by atoms with Crippen LogP contribution in [0.4, 0.5) is 0 Å². The zero-order valence-electron chi connectivity index (χ0n) is 14.8. The van der Waals surface area contributed by atoms with Gasteiger partial charge in [0.1, 0.15) is 5.58 Å². The predicted molar refractivity (Wildman–Crippen MR) is 95.6 cm³/mol. The van der Waals surface area contributed by atoms with Gasteiger partial charge in [-0.2, -0.15) is 0 Å². The molecular formula is C19H25NO5. The van der Waals surface area contributed by atoms with E-state index in [0.717, 1.165) is 36.7 Å². The van der Waals surface area contributed by atoms with E-state index < -0.39 is 5.76 Å². The fourth-order valence-electron chi connectivity index (χ4n) is 2.78. The van der Waals surface area contributed by atoms with E-state index in [2.05, 4.69) is 0 Å². The van der Waals surface area contributed by atoms with Crippen molar-refractivity contribution in [1.29, 1.82) is 0 Å². The van der Waals surface area contributed by atoms with Gasteiger partial charge in [0.05, 0.1) is 17.9 Å². The summed E-state index contributed by atoms with van der Waals surface area (Å²) < 4.78 is 11.3. The number of carbonyl (C=O) groups excluding carboxylic acids is 1.